The second-order valence-electron chi connectivity index (χ2n) is 6.08. The Morgan fingerprint density at radius 3 is 2.00 bits per heavy atom. The molecule has 0 amide bonds. The van der Waals surface area contributed by atoms with Crippen LogP contribution >= 0.6 is 0 Å². The summed E-state index contributed by atoms with van der Waals surface area (Å²) in [6.07, 6.45) is 0. The van der Waals surface area contributed by atoms with Crippen molar-refractivity contribution < 1.29 is 4.74 Å². The Kier molecular flexibility index (Phi) is 4.94. The Balaban J connectivity index is 2.95. The van der Waals surface area contributed by atoms with Gasteiger partial charge in [0.2, 0.25) is 0 Å². The zero-order valence-corrected chi connectivity index (χ0v) is 12.8. The van der Waals surface area contributed by atoms with Crippen LogP contribution in [0.4, 0.5) is 0 Å². The molecule has 0 bridgehead atoms. The number of hydrogen-bond donors (Lipinski definition) is 1. The van der Waals surface area contributed by atoms with E-state index in [1.807, 2.05) is 7.05 Å². The number of ether oxygens (including phenoxy) is 1. The third-order valence-electron chi connectivity index (χ3n) is 3.12. The predicted molar refractivity (Wildman–Crippen MR) is 78.2 cm³/mol. The van der Waals surface area contributed by atoms with E-state index in [9.17, 15) is 0 Å². The van der Waals surface area contributed by atoms with Crippen LogP contribution in [-0.4, -0.2) is 19.3 Å². The summed E-state index contributed by atoms with van der Waals surface area (Å²) in [7, 11) is 2.00. The second-order valence-corrected chi connectivity index (χ2v) is 6.08. The van der Waals surface area contributed by atoms with E-state index in [1.54, 1.807) is 0 Å². The quantitative estimate of drug-likeness (QED) is 0.878. The van der Waals surface area contributed by atoms with Gasteiger partial charge in [-0.1, -0.05) is 17.7 Å². The molecule has 1 atom stereocenters. The van der Waals surface area contributed by atoms with Crippen LogP contribution in [0.3, 0.4) is 0 Å². The number of hydrogen-bond acceptors (Lipinski definition) is 2. The average Bonchev–Trinajstić information content (AvgIpc) is 2.20. The van der Waals surface area contributed by atoms with Gasteiger partial charge >= 0.3 is 0 Å². The molecule has 0 heterocycles. The fraction of sp³-hybridized carbons (Fsp3) is 0.625. The van der Waals surface area contributed by atoms with Crippen molar-refractivity contribution in [2.24, 2.45) is 0 Å². The van der Waals surface area contributed by atoms with Gasteiger partial charge in [-0.15, -0.1) is 0 Å². The smallest absolute Gasteiger partial charge is 0.0668 e. The number of benzene rings is 1. The minimum absolute atomic E-state index is 0.0956. The highest BCUT2D eigenvalue weighted by Gasteiger charge is 2.18. The molecule has 1 aromatic carbocycles. The lowest BCUT2D eigenvalue weighted by molar-refractivity contribution is -0.0140. The van der Waals surface area contributed by atoms with E-state index in [4.69, 9.17) is 4.74 Å². The standard InChI is InChI=1S/C16H27NO/c1-11-8-12(2)15(13(3)9-11)14(17-7)10-18-16(4,5)6/h8-9,14,17H,10H2,1-7H3. The molecule has 2 nitrogen and oxygen atoms in total. The first kappa shape index (κ1) is 15.2. The van der Waals surface area contributed by atoms with Crippen molar-refractivity contribution >= 4 is 0 Å². The van der Waals surface area contributed by atoms with Gasteiger partial charge in [-0.3, -0.25) is 0 Å². The van der Waals surface area contributed by atoms with Crippen molar-refractivity contribution in [2.45, 2.75) is 53.2 Å². The summed E-state index contributed by atoms with van der Waals surface area (Å²) < 4.78 is 5.91. The molecule has 0 aliphatic carbocycles. The van der Waals surface area contributed by atoms with Gasteiger partial charge in [-0.2, -0.15) is 0 Å². The maximum absolute atomic E-state index is 5.91. The van der Waals surface area contributed by atoms with Crippen LogP contribution in [-0.2, 0) is 4.74 Å². The number of rotatable bonds is 4. The maximum Gasteiger partial charge on any atom is 0.0668 e. The van der Waals surface area contributed by atoms with Crippen molar-refractivity contribution in [3.8, 4) is 0 Å². The van der Waals surface area contributed by atoms with E-state index in [0.717, 1.165) is 0 Å². The zero-order valence-electron chi connectivity index (χ0n) is 12.8. The van der Waals surface area contributed by atoms with Crippen LogP contribution < -0.4 is 5.32 Å². The van der Waals surface area contributed by atoms with Crippen molar-refractivity contribution in [3.63, 3.8) is 0 Å². The molecule has 0 saturated carbocycles. The third-order valence-corrected chi connectivity index (χ3v) is 3.12. The topological polar surface area (TPSA) is 21.3 Å². The van der Waals surface area contributed by atoms with Crippen LogP contribution in [0.1, 0.15) is 49.1 Å². The lowest BCUT2D eigenvalue weighted by atomic mass is 9.94. The molecule has 1 N–H and O–H groups in total. The minimum Gasteiger partial charge on any atom is -0.374 e. The summed E-state index contributed by atoms with van der Waals surface area (Å²) in [4.78, 5) is 0. The summed E-state index contributed by atoms with van der Waals surface area (Å²) >= 11 is 0. The number of aryl methyl sites for hydroxylation is 3. The molecule has 102 valence electrons. The molecule has 18 heavy (non-hydrogen) atoms. The molecular weight excluding hydrogens is 222 g/mol. The molecule has 0 aromatic heterocycles. The molecule has 0 saturated heterocycles. The van der Waals surface area contributed by atoms with Gasteiger partial charge < -0.3 is 10.1 Å². The van der Waals surface area contributed by atoms with Crippen LogP contribution in [0.15, 0.2) is 12.1 Å². The highest BCUT2D eigenvalue weighted by Crippen LogP contribution is 2.25. The molecular formula is C16H27NO. The SMILES string of the molecule is CNC(COC(C)(C)C)c1c(C)cc(C)cc1C. The second kappa shape index (κ2) is 5.85. The van der Waals surface area contributed by atoms with Gasteiger partial charge in [0.1, 0.15) is 0 Å². The molecule has 0 aliphatic heterocycles. The van der Waals surface area contributed by atoms with E-state index in [0.29, 0.717) is 6.61 Å². The van der Waals surface area contributed by atoms with Crippen molar-refractivity contribution in [1.82, 2.24) is 5.32 Å². The molecule has 1 rings (SSSR count). The Morgan fingerprint density at radius 2 is 1.61 bits per heavy atom. The summed E-state index contributed by atoms with van der Waals surface area (Å²) in [6.45, 7) is 13.5. The fourth-order valence-electron chi connectivity index (χ4n) is 2.39. The lowest BCUT2D eigenvalue weighted by Gasteiger charge is -2.26. The van der Waals surface area contributed by atoms with Crippen LogP contribution in [0, 0.1) is 20.8 Å². The summed E-state index contributed by atoms with van der Waals surface area (Å²) in [5.41, 5.74) is 5.27. The van der Waals surface area contributed by atoms with Gasteiger partial charge in [0.05, 0.1) is 18.2 Å². The zero-order chi connectivity index (χ0) is 13.9. The van der Waals surface area contributed by atoms with E-state index in [-0.39, 0.29) is 11.6 Å². The van der Waals surface area contributed by atoms with Gasteiger partial charge in [-0.05, 0) is 65.3 Å². The van der Waals surface area contributed by atoms with E-state index in [2.05, 4.69) is 59.0 Å². The molecule has 0 radical (unpaired) electrons. The van der Waals surface area contributed by atoms with Gasteiger partial charge in [0.15, 0.2) is 0 Å². The molecule has 0 spiro atoms. The minimum atomic E-state index is -0.0956. The van der Waals surface area contributed by atoms with Crippen LogP contribution in [0.5, 0.6) is 0 Å². The van der Waals surface area contributed by atoms with Crippen molar-refractivity contribution in [2.75, 3.05) is 13.7 Å². The summed E-state index contributed by atoms with van der Waals surface area (Å²) in [5.74, 6) is 0. The lowest BCUT2D eigenvalue weighted by Crippen LogP contribution is -2.29. The summed E-state index contributed by atoms with van der Waals surface area (Å²) in [6, 6.07) is 4.73. The highest BCUT2D eigenvalue weighted by molar-refractivity contribution is 5.39. The van der Waals surface area contributed by atoms with E-state index in [1.165, 1.54) is 22.3 Å². The Labute approximate surface area is 112 Å². The van der Waals surface area contributed by atoms with Crippen molar-refractivity contribution in [1.29, 1.82) is 0 Å². The van der Waals surface area contributed by atoms with Crippen LogP contribution in [0.25, 0.3) is 0 Å². The number of likely N-dealkylation sites (N-methyl/N-ethyl adjacent to an activating group) is 1. The Morgan fingerprint density at radius 1 is 1.11 bits per heavy atom. The maximum atomic E-state index is 5.91. The van der Waals surface area contributed by atoms with Crippen molar-refractivity contribution in [3.05, 3.63) is 34.4 Å². The van der Waals surface area contributed by atoms with E-state index >= 15 is 0 Å². The molecule has 1 aromatic rings. The van der Waals surface area contributed by atoms with E-state index < -0.39 is 0 Å². The Hall–Kier alpha value is -0.860. The van der Waals surface area contributed by atoms with Gasteiger partial charge in [-0.25, -0.2) is 0 Å². The van der Waals surface area contributed by atoms with Gasteiger partial charge in [0, 0.05) is 0 Å². The number of nitrogens with one attached hydrogen (secondary N) is 1. The van der Waals surface area contributed by atoms with Gasteiger partial charge in [0.25, 0.3) is 0 Å². The predicted octanol–water partition coefficient (Wildman–Crippen LogP) is 3.69. The monoisotopic (exact) mass is 249 g/mol. The normalized spacial score (nSPS) is 13.7. The Bertz CT molecular complexity index is 381. The molecule has 2 heteroatoms. The molecule has 1 unspecified atom stereocenters. The third kappa shape index (κ3) is 4.11. The highest BCUT2D eigenvalue weighted by atomic mass is 16.5. The molecule has 0 fully saturated rings. The first-order chi connectivity index (χ1) is 8.24. The largest absolute Gasteiger partial charge is 0.374 e. The molecule has 0 aliphatic rings. The van der Waals surface area contributed by atoms with Crippen LogP contribution in [0.2, 0.25) is 0 Å². The first-order valence-corrected chi connectivity index (χ1v) is 6.63. The summed E-state index contributed by atoms with van der Waals surface area (Å²) in [5, 5.41) is 3.37. The first-order valence-electron chi connectivity index (χ1n) is 6.63. The fourth-order valence-corrected chi connectivity index (χ4v) is 2.39. The average molecular weight is 249 g/mol.